The number of rotatable bonds is 4. The van der Waals surface area contributed by atoms with E-state index in [1.165, 1.54) is 71.2 Å². The van der Waals surface area contributed by atoms with Crippen LogP contribution in [0.15, 0.2) is 164 Å². The van der Waals surface area contributed by atoms with Crippen molar-refractivity contribution < 1.29 is 0 Å². The van der Waals surface area contributed by atoms with E-state index in [0.29, 0.717) is 0 Å². The maximum Gasteiger partial charge on any atom is 0.140 e. The fourth-order valence-electron chi connectivity index (χ4n) is 7.26. The number of aryl methyl sites for hydroxylation is 1. The monoisotopic (exact) mass is 586 g/mol. The molecule has 0 bridgehead atoms. The highest BCUT2D eigenvalue weighted by Gasteiger charge is 2.18. The Labute approximate surface area is 267 Å². The summed E-state index contributed by atoms with van der Waals surface area (Å²) in [5, 5.41) is 7.48. The third-order valence-corrected chi connectivity index (χ3v) is 9.38. The van der Waals surface area contributed by atoms with Gasteiger partial charge in [0.15, 0.2) is 0 Å². The van der Waals surface area contributed by atoms with Crippen LogP contribution in [0, 0.1) is 0 Å². The van der Waals surface area contributed by atoms with Gasteiger partial charge < -0.3 is 4.57 Å². The molecule has 9 aromatic rings. The summed E-state index contributed by atoms with van der Waals surface area (Å²) in [7, 11) is 2.12. The summed E-state index contributed by atoms with van der Waals surface area (Å²) in [6, 6.07) is 59.1. The zero-order chi connectivity index (χ0) is 30.6. The molecule has 8 aromatic carbocycles. The van der Waals surface area contributed by atoms with E-state index >= 15 is 0 Å². The molecule has 0 spiro atoms. The Morgan fingerprint density at radius 2 is 0.913 bits per heavy atom. The molecule has 0 aliphatic rings. The fourth-order valence-corrected chi connectivity index (χ4v) is 7.26. The van der Waals surface area contributed by atoms with Crippen LogP contribution in [0.25, 0.3) is 88.1 Å². The zero-order valence-corrected chi connectivity index (χ0v) is 25.5. The molecule has 2 heteroatoms. The van der Waals surface area contributed by atoms with Crippen molar-refractivity contribution >= 4 is 43.4 Å². The lowest BCUT2D eigenvalue weighted by Crippen LogP contribution is -1.94. The topological polar surface area (TPSA) is 17.8 Å². The van der Waals surface area contributed by atoms with Gasteiger partial charge in [-0.25, -0.2) is 4.98 Å². The van der Waals surface area contributed by atoms with Crippen LogP contribution in [0.5, 0.6) is 0 Å². The van der Waals surface area contributed by atoms with E-state index < -0.39 is 0 Å². The summed E-state index contributed by atoms with van der Waals surface area (Å²) in [6.07, 6.45) is 0. The number of benzene rings is 8. The molecular formula is C44H30N2. The SMILES string of the molecule is Cn1c(-c2ccc(-c3c4ccccc4c(-c4cccc(-c5ccccc5)c4)c4ccccc34)cc2)nc2ccc3ccccc3c21. The van der Waals surface area contributed by atoms with E-state index in [9.17, 15) is 0 Å². The van der Waals surface area contributed by atoms with E-state index in [0.717, 1.165) is 16.9 Å². The minimum atomic E-state index is 0.973. The predicted octanol–water partition coefficient (Wildman–Crippen LogP) is 11.7. The van der Waals surface area contributed by atoms with Crippen LogP contribution < -0.4 is 0 Å². The van der Waals surface area contributed by atoms with Crippen molar-refractivity contribution in [2.24, 2.45) is 7.05 Å². The van der Waals surface area contributed by atoms with Crippen molar-refractivity contribution in [1.82, 2.24) is 9.55 Å². The van der Waals surface area contributed by atoms with Gasteiger partial charge in [0, 0.05) is 18.0 Å². The summed E-state index contributed by atoms with van der Waals surface area (Å²) in [6.45, 7) is 0. The van der Waals surface area contributed by atoms with Crippen molar-refractivity contribution in [2.75, 3.05) is 0 Å². The molecule has 216 valence electrons. The quantitative estimate of drug-likeness (QED) is 0.188. The average molecular weight is 587 g/mol. The fraction of sp³-hybridized carbons (Fsp3) is 0.0227. The number of imidazole rings is 1. The summed E-state index contributed by atoms with van der Waals surface area (Å²) >= 11 is 0. The number of hydrogen-bond donors (Lipinski definition) is 0. The van der Waals surface area contributed by atoms with Gasteiger partial charge in [-0.05, 0) is 72.4 Å². The van der Waals surface area contributed by atoms with Gasteiger partial charge in [-0.15, -0.1) is 0 Å². The number of fused-ring (bicyclic) bond motifs is 5. The minimum absolute atomic E-state index is 0.973. The van der Waals surface area contributed by atoms with E-state index in [1.54, 1.807) is 0 Å². The summed E-state index contributed by atoms with van der Waals surface area (Å²) < 4.78 is 2.23. The van der Waals surface area contributed by atoms with Gasteiger partial charge >= 0.3 is 0 Å². The van der Waals surface area contributed by atoms with Crippen LogP contribution in [-0.4, -0.2) is 9.55 Å². The number of hydrogen-bond acceptors (Lipinski definition) is 1. The van der Waals surface area contributed by atoms with Gasteiger partial charge in [-0.1, -0.05) is 152 Å². The van der Waals surface area contributed by atoms with Gasteiger partial charge in [0.2, 0.25) is 0 Å². The Hall–Kier alpha value is -5.99. The lowest BCUT2D eigenvalue weighted by molar-refractivity contribution is 0.962. The standard InChI is InChI=1S/C44H30N2/c1-46-43-35-17-6-5-14-30(35)26-27-40(43)45-44(46)32-24-22-31(23-25-32)41-36-18-7-9-20-38(36)42(39-21-10-8-19-37(39)41)34-16-11-15-33(28-34)29-12-3-2-4-13-29/h2-28H,1H3. The smallest absolute Gasteiger partial charge is 0.140 e. The highest BCUT2D eigenvalue weighted by molar-refractivity contribution is 6.21. The van der Waals surface area contributed by atoms with Gasteiger partial charge in [-0.2, -0.15) is 0 Å². The second-order valence-corrected chi connectivity index (χ2v) is 12.0. The second kappa shape index (κ2) is 10.6. The highest BCUT2D eigenvalue weighted by Crippen LogP contribution is 2.44. The second-order valence-electron chi connectivity index (χ2n) is 12.0. The highest BCUT2D eigenvalue weighted by atomic mass is 15.1. The molecule has 0 unspecified atom stereocenters. The largest absolute Gasteiger partial charge is 0.327 e. The van der Waals surface area contributed by atoms with E-state index in [2.05, 4.69) is 175 Å². The summed E-state index contributed by atoms with van der Waals surface area (Å²) in [5.74, 6) is 0.973. The predicted molar refractivity (Wildman–Crippen MR) is 195 cm³/mol. The maximum atomic E-state index is 5.07. The van der Waals surface area contributed by atoms with Crippen LogP contribution >= 0.6 is 0 Å². The van der Waals surface area contributed by atoms with E-state index in [-0.39, 0.29) is 0 Å². The number of nitrogens with zero attached hydrogens (tertiary/aromatic N) is 2. The van der Waals surface area contributed by atoms with Crippen LogP contribution in [0.2, 0.25) is 0 Å². The Morgan fingerprint density at radius 1 is 0.391 bits per heavy atom. The molecule has 0 atom stereocenters. The summed E-state index contributed by atoms with van der Waals surface area (Å²) in [4.78, 5) is 5.07. The van der Waals surface area contributed by atoms with E-state index in [1.807, 2.05) is 0 Å². The van der Waals surface area contributed by atoms with E-state index in [4.69, 9.17) is 4.98 Å². The first-order chi connectivity index (χ1) is 22.7. The van der Waals surface area contributed by atoms with Gasteiger partial charge in [-0.3, -0.25) is 0 Å². The first-order valence-electron chi connectivity index (χ1n) is 15.8. The molecule has 1 aromatic heterocycles. The van der Waals surface area contributed by atoms with Crippen LogP contribution in [0.4, 0.5) is 0 Å². The normalized spacial score (nSPS) is 11.6. The molecule has 0 aliphatic heterocycles. The molecule has 0 fully saturated rings. The Bertz CT molecular complexity index is 2520. The lowest BCUT2D eigenvalue weighted by atomic mass is 9.85. The number of aromatic nitrogens is 2. The molecule has 2 nitrogen and oxygen atoms in total. The molecular weight excluding hydrogens is 556 g/mol. The maximum absolute atomic E-state index is 5.07. The van der Waals surface area contributed by atoms with Crippen LogP contribution in [-0.2, 0) is 7.05 Å². The van der Waals surface area contributed by atoms with Crippen molar-refractivity contribution in [1.29, 1.82) is 0 Å². The first-order valence-corrected chi connectivity index (χ1v) is 15.8. The third-order valence-electron chi connectivity index (χ3n) is 9.38. The van der Waals surface area contributed by atoms with Gasteiger partial charge in [0.1, 0.15) is 5.82 Å². The minimum Gasteiger partial charge on any atom is -0.327 e. The average Bonchev–Trinajstić information content (AvgIpc) is 3.47. The Balaban J connectivity index is 1.22. The Morgan fingerprint density at radius 3 is 1.59 bits per heavy atom. The van der Waals surface area contributed by atoms with Crippen molar-refractivity contribution in [2.45, 2.75) is 0 Å². The van der Waals surface area contributed by atoms with Crippen molar-refractivity contribution in [3.63, 3.8) is 0 Å². The Kier molecular flexibility index (Phi) is 6.07. The third kappa shape index (κ3) is 4.15. The molecule has 0 saturated carbocycles. The summed E-state index contributed by atoms with van der Waals surface area (Å²) in [5.41, 5.74) is 10.7. The molecule has 46 heavy (non-hydrogen) atoms. The molecule has 0 saturated heterocycles. The zero-order valence-electron chi connectivity index (χ0n) is 25.5. The molecule has 0 N–H and O–H groups in total. The molecule has 0 amide bonds. The van der Waals surface area contributed by atoms with Crippen molar-refractivity contribution in [3.05, 3.63) is 164 Å². The van der Waals surface area contributed by atoms with Crippen LogP contribution in [0.3, 0.4) is 0 Å². The lowest BCUT2D eigenvalue weighted by Gasteiger charge is -2.18. The van der Waals surface area contributed by atoms with Crippen molar-refractivity contribution in [3.8, 4) is 44.8 Å². The van der Waals surface area contributed by atoms with Gasteiger partial charge in [0.25, 0.3) is 0 Å². The van der Waals surface area contributed by atoms with Crippen LogP contribution in [0.1, 0.15) is 0 Å². The van der Waals surface area contributed by atoms with Gasteiger partial charge in [0.05, 0.1) is 11.0 Å². The molecule has 1 heterocycles. The molecule has 9 rings (SSSR count). The molecule has 0 aliphatic carbocycles. The first kappa shape index (κ1) is 26.4. The molecule has 0 radical (unpaired) electrons.